The van der Waals surface area contributed by atoms with E-state index in [-0.39, 0.29) is 17.8 Å². The Morgan fingerprint density at radius 2 is 1.93 bits per heavy atom. The number of urea groups is 1. The van der Waals surface area contributed by atoms with Crippen molar-refractivity contribution in [3.63, 3.8) is 0 Å². The number of nitrogens with zero attached hydrogens (tertiary/aromatic N) is 5. The molecule has 0 unspecified atom stereocenters. The molecule has 3 aromatic rings. The lowest BCUT2D eigenvalue weighted by Crippen LogP contribution is -2.45. The van der Waals surface area contributed by atoms with E-state index < -0.39 is 5.82 Å². The van der Waals surface area contributed by atoms with E-state index in [2.05, 4.69) is 56.2 Å². The summed E-state index contributed by atoms with van der Waals surface area (Å²) in [4.78, 5) is 26.2. The number of benzene rings is 1. The van der Waals surface area contributed by atoms with Crippen molar-refractivity contribution in [1.82, 2.24) is 29.7 Å². The van der Waals surface area contributed by atoms with Crippen LogP contribution in [-0.4, -0.2) is 76.2 Å². The summed E-state index contributed by atoms with van der Waals surface area (Å²) in [5, 5.41) is 5.50. The number of piperazine rings is 1. The zero-order valence-corrected chi connectivity index (χ0v) is 24.9. The molecular formula is C32H42FN7O2. The topological polar surface area (TPSA) is 87.5 Å². The highest BCUT2D eigenvalue weighted by Gasteiger charge is 2.23. The summed E-state index contributed by atoms with van der Waals surface area (Å²) in [5.74, 6) is 0.0471. The Hall–Kier alpha value is -3.76. The Morgan fingerprint density at radius 3 is 2.67 bits per heavy atom. The highest BCUT2D eigenvalue weighted by atomic mass is 19.1. The van der Waals surface area contributed by atoms with Crippen LogP contribution in [0.5, 0.6) is 11.5 Å². The van der Waals surface area contributed by atoms with Gasteiger partial charge in [0.1, 0.15) is 5.75 Å². The maximum atomic E-state index is 14.9. The highest BCUT2D eigenvalue weighted by molar-refractivity contribution is 5.89. The van der Waals surface area contributed by atoms with Gasteiger partial charge in [0.05, 0.1) is 17.7 Å². The third-order valence-electron chi connectivity index (χ3n) is 7.86. The molecule has 0 bridgehead atoms. The van der Waals surface area contributed by atoms with Gasteiger partial charge in [-0.1, -0.05) is 13.3 Å². The highest BCUT2D eigenvalue weighted by Crippen LogP contribution is 2.32. The standard InChI is InChI=1S/C32H42FN7O2/c1-4-5-6-24(29-21-40(22-35-29)18-17-39-15-13-38(3)14-16-39)19-28-23(2)30(11-12-34-28)42-31-10-9-26(20-27(31)33)37-32(41)36-25-7-8-25/h9-12,19-22,25H,4-8,13-18H2,1-3H3,(H2,36,37,41)/b24-19+. The van der Waals surface area contributed by atoms with E-state index in [1.54, 1.807) is 18.3 Å². The summed E-state index contributed by atoms with van der Waals surface area (Å²) < 4.78 is 23.1. The zero-order valence-electron chi connectivity index (χ0n) is 24.9. The Kier molecular flexibility index (Phi) is 9.86. The third-order valence-corrected chi connectivity index (χ3v) is 7.86. The quantitative estimate of drug-likeness (QED) is 0.285. The molecule has 2 aliphatic rings. The van der Waals surface area contributed by atoms with Gasteiger partial charge in [-0.05, 0) is 69.5 Å². The monoisotopic (exact) mass is 575 g/mol. The van der Waals surface area contributed by atoms with Crippen molar-refractivity contribution in [2.75, 3.05) is 45.1 Å². The molecule has 1 aliphatic carbocycles. The molecule has 2 amide bonds. The smallest absolute Gasteiger partial charge is 0.319 e. The van der Waals surface area contributed by atoms with Crippen LogP contribution in [0.15, 0.2) is 43.0 Å². The average Bonchev–Trinajstić information content (AvgIpc) is 3.66. The van der Waals surface area contributed by atoms with Gasteiger partial charge in [0, 0.05) is 75.0 Å². The molecular weight excluding hydrogens is 533 g/mol. The number of likely N-dealkylation sites (N-methyl/N-ethyl adjacent to an activating group) is 1. The summed E-state index contributed by atoms with van der Waals surface area (Å²) in [5.41, 5.74) is 4.02. The van der Waals surface area contributed by atoms with Crippen LogP contribution in [0.4, 0.5) is 14.9 Å². The number of hydrogen-bond donors (Lipinski definition) is 2. The minimum atomic E-state index is -0.557. The number of nitrogens with one attached hydrogen (secondary N) is 2. The SMILES string of the molecule is CCCC/C(=C\c1nccc(Oc2ccc(NC(=O)NC3CC3)cc2F)c1C)c1cn(CCN2CCN(C)CC2)cn1. The molecule has 2 fully saturated rings. The number of carbonyl (C=O) groups is 1. The lowest BCUT2D eigenvalue weighted by Gasteiger charge is -2.32. The molecule has 2 N–H and O–H groups in total. The Balaban J connectivity index is 1.27. The molecule has 10 heteroatoms. The van der Waals surface area contributed by atoms with Crippen LogP contribution in [-0.2, 0) is 6.54 Å². The van der Waals surface area contributed by atoms with Crippen LogP contribution in [0.1, 0.15) is 56.0 Å². The second kappa shape index (κ2) is 13.9. The minimum Gasteiger partial charge on any atom is -0.454 e. The predicted octanol–water partition coefficient (Wildman–Crippen LogP) is 5.78. The van der Waals surface area contributed by atoms with Gasteiger partial charge in [-0.2, -0.15) is 0 Å². The van der Waals surface area contributed by atoms with Crippen LogP contribution < -0.4 is 15.4 Å². The van der Waals surface area contributed by atoms with Crippen molar-refractivity contribution >= 4 is 23.4 Å². The van der Waals surface area contributed by atoms with E-state index >= 15 is 0 Å². The van der Waals surface area contributed by atoms with Crippen LogP contribution in [0.2, 0.25) is 0 Å². The van der Waals surface area contributed by atoms with E-state index in [1.165, 1.54) is 12.1 Å². The lowest BCUT2D eigenvalue weighted by molar-refractivity contribution is 0.150. The summed E-state index contributed by atoms with van der Waals surface area (Å²) in [6.07, 6.45) is 12.8. The molecule has 0 atom stereocenters. The average molecular weight is 576 g/mol. The second-order valence-electron chi connectivity index (χ2n) is 11.4. The summed E-state index contributed by atoms with van der Waals surface area (Å²) >= 11 is 0. The first kappa shape index (κ1) is 29.7. The fourth-order valence-electron chi connectivity index (χ4n) is 4.93. The van der Waals surface area contributed by atoms with Gasteiger partial charge in [-0.3, -0.25) is 9.88 Å². The number of ether oxygens (including phenoxy) is 1. The van der Waals surface area contributed by atoms with E-state index in [4.69, 9.17) is 9.72 Å². The number of carbonyl (C=O) groups excluding carboxylic acids is 1. The van der Waals surface area contributed by atoms with Gasteiger partial charge in [0.25, 0.3) is 0 Å². The lowest BCUT2D eigenvalue weighted by atomic mass is 10.0. The van der Waals surface area contributed by atoms with Crippen molar-refractivity contribution in [1.29, 1.82) is 0 Å². The number of halogens is 1. The van der Waals surface area contributed by atoms with E-state index in [1.807, 2.05) is 13.3 Å². The second-order valence-corrected chi connectivity index (χ2v) is 11.4. The largest absolute Gasteiger partial charge is 0.454 e. The molecule has 1 aliphatic heterocycles. The number of unbranched alkanes of at least 4 members (excludes halogenated alkanes) is 1. The fourth-order valence-corrected chi connectivity index (χ4v) is 4.93. The minimum absolute atomic E-state index is 0.0812. The zero-order chi connectivity index (χ0) is 29.5. The van der Waals surface area contributed by atoms with Gasteiger partial charge in [-0.15, -0.1) is 0 Å². The molecule has 2 aromatic heterocycles. The van der Waals surface area contributed by atoms with Crippen molar-refractivity contribution in [2.24, 2.45) is 0 Å². The van der Waals surface area contributed by atoms with E-state index in [0.717, 1.165) is 93.9 Å². The number of hydrogen-bond acceptors (Lipinski definition) is 6. The maximum absolute atomic E-state index is 14.9. The number of amides is 2. The number of aromatic nitrogens is 3. The third kappa shape index (κ3) is 8.17. The van der Waals surface area contributed by atoms with E-state index in [0.29, 0.717) is 11.4 Å². The van der Waals surface area contributed by atoms with Gasteiger partial charge in [0.15, 0.2) is 11.6 Å². The summed E-state index contributed by atoms with van der Waals surface area (Å²) in [6, 6.07) is 6.05. The van der Waals surface area contributed by atoms with Crippen molar-refractivity contribution in [2.45, 2.75) is 58.5 Å². The first-order chi connectivity index (χ1) is 20.4. The van der Waals surface area contributed by atoms with Crippen LogP contribution in [0.25, 0.3) is 11.6 Å². The molecule has 0 spiro atoms. The number of anilines is 1. The molecule has 224 valence electrons. The van der Waals surface area contributed by atoms with Crippen molar-refractivity contribution in [3.05, 3.63) is 65.8 Å². The summed E-state index contributed by atoms with van der Waals surface area (Å²) in [6.45, 7) is 10.5. The predicted molar refractivity (Wildman–Crippen MR) is 164 cm³/mol. The molecule has 5 rings (SSSR count). The Bertz CT molecular complexity index is 1390. The molecule has 1 saturated carbocycles. The first-order valence-corrected chi connectivity index (χ1v) is 15.0. The van der Waals surface area contributed by atoms with Gasteiger partial charge in [-0.25, -0.2) is 14.2 Å². The number of rotatable bonds is 12. The molecule has 42 heavy (non-hydrogen) atoms. The number of imidazole rings is 1. The Morgan fingerprint density at radius 1 is 1.12 bits per heavy atom. The van der Waals surface area contributed by atoms with E-state index in [9.17, 15) is 9.18 Å². The van der Waals surface area contributed by atoms with Gasteiger partial charge in [0.2, 0.25) is 0 Å². The molecule has 1 saturated heterocycles. The van der Waals surface area contributed by atoms with Gasteiger partial charge < -0.3 is 24.8 Å². The van der Waals surface area contributed by atoms with Crippen molar-refractivity contribution < 1.29 is 13.9 Å². The maximum Gasteiger partial charge on any atom is 0.319 e. The van der Waals surface area contributed by atoms with Crippen LogP contribution in [0.3, 0.4) is 0 Å². The fraction of sp³-hybridized carbons (Fsp3) is 0.469. The van der Waals surface area contributed by atoms with Gasteiger partial charge >= 0.3 is 6.03 Å². The molecule has 9 nitrogen and oxygen atoms in total. The number of pyridine rings is 1. The van der Waals surface area contributed by atoms with Crippen LogP contribution in [0, 0.1) is 12.7 Å². The normalized spacial score (nSPS) is 16.4. The Labute approximate surface area is 247 Å². The molecule has 1 aromatic carbocycles. The van der Waals surface area contributed by atoms with Crippen LogP contribution >= 0.6 is 0 Å². The molecule has 3 heterocycles. The molecule has 0 radical (unpaired) electrons. The first-order valence-electron chi connectivity index (χ1n) is 15.0. The number of allylic oxidation sites excluding steroid dienone is 1. The summed E-state index contributed by atoms with van der Waals surface area (Å²) in [7, 11) is 2.18. The van der Waals surface area contributed by atoms with Crippen molar-refractivity contribution in [3.8, 4) is 11.5 Å².